The van der Waals surface area contributed by atoms with E-state index in [1.807, 2.05) is 0 Å². The SMILES string of the molecule is CCOC(=O)C1=C(C)NC(C)=C(C(=O)OCC)C1c1c(C)noc1C1N(C(=O)OCC)N(C(=O)OCC)N(C(=O)OCC)N1C(=O)OCC. The average molecular weight is 695 g/mol. The third kappa shape index (κ3) is 7.34. The number of aryl methyl sites for hydroxylation is 1. The molecular formula is C30H42N6O13. The maximum Gasteiger partial charge on any atom is 0.450 e. The van der Waals surface area contributed by atoms with Crippen molar-refractivity contribution in [1.29, 1.82) is 0 Å². The number of hydrogen-bond donors (Lipinski definition) is 1. The molecule has 270 valence electrons. The highest BCUT2D eigenvalue weighted by Gasteiger charge is 2.60. The zero-order valence-corrected chi connectivity index (χ0v) is 28.9. The molecule has 0 radical (unpaired) electrons. The van der Waals surface area contributed by atoms with E-state index in [9.17, 15) is 28.8 Å². The van der Waals surface area contributed by atoms with Crippen LogP contribution in [-0.4, -0.2) is 101 Å². The number of nitrogens with one attached hydrogen (secondary N) is 1. The monoisotopic (exact) mass is 694 g/mol. The average Bonchev–Trinajstić information content (AvgIpc) is 3.59. The Kier molecular flexibility index (Phi) is 12.8. The van der Waals surface area contributed by atoms with E-state index in [0.29, 0.717) is 31.6 Å². The van der Waals surface area contributed by atoms with Crippen LogP contribution in [0.3, 0.4) is 0 Å². The Morgan fingerprint density at radius 2 is 0.980 bits per heavy atom. The molecule has 0 saturated carbocycles. The van der Waals surface area contributed by atoms with Crippen molar-refractivity contribution in [3.8, 4) is 0 Å². The second-order valence-electron chi connectivity index (χ2n) is 10.1. The van der Waals surface area contributed by atoms with Crippen LogP contribution in [0.5, 0.6) is 0 Å². The predicted octanol–water partition coefficient (Wildman–Crippen LogP) is 3.94. The van der Waals surface area contributed by atoms with Crippen LogP contribution in [0, 0.1) is 6.92 Å². The van der Waals surface area contributed by atoms with Gasteiger partial charge in [0.05, 0.1) is 62.4 Å². The van der Waals surface area contributed by atoms with Gasteiger partial charge in [0.1, 0.15) is 0 Å². The number of amides is 4. The number of ether oxygens (including phenoxy) is 6. The Hall–Kier alpha value is -5.49. The van der Waals surface area contributed by atoms with E-state index in [4.69, 9.17) is 32.9 Å². The number of esters is 2. The van der Waals surface area contributed by atoms with Crippen molar-refractivity contribution in [3.63, 3.8) is 0 Å². The predicted molar refractivity (Wildman–Crippen MR) is 164 cm³/mol. The van der Waals surface area contributed by atoms with Gasteiger partial charge in [-0.05, 0) is 62.3 Å². The van der Waals surface area contributed by atoms with E-state index >= 15 is 0 Å². The Morgan fingerprint density at radius 1 is 0.612 bits per heavy atom. The van der Waals surface area contributed by atoms with Crippen LogP contribution in [0.25, 0.3) is 0 Å². The Labute approximate surface area is 282 Å². The molecule has 0 atom stereocenters. The van der Waals surface area contributed by atoms with E-state index in [1.165, 1.54) is 34.6 Å². The number of aromatic nitrogens is 1. The topological polar surface area (TPSA) is 209 Å². The summed E-state index contributed by atoms with van der Waals surface area (Å²) in [6.45, 7) is 12.9. The molecule has 1 saturated heterocycles. The first kappa shape index (κ1) is 38.0. The highest BCUT2D eigenvalue weighted by Crippen LogP contribution is 2.47. The third-order valence-electron chi connectivity index (χ3n) is 7.03. The first-order valence-corrected chi connectivity index (χ1v) is 15.7. The fourth-order valence-corrected chi connectivity index (χ4v) is 5.32. The van der Waals surface area contributed by atoms with E-state index < -0.39 is 48.4 Å². The van der Waals surface area contributed by atoms with E-state index in [2.05, 4.69) is 10.5 Å². The Morgan fingerprint density at radius 3 is 1.35 bits per heavy atom. The fraction of sp³-hybridized carbons (Fsp3) is 0.567. The zero-order chi connectivity index (χ0) is 36.6. The number of nitrogens with zero attached hydrogens (tertiary/aromatic N) is 5. The van der Waals surface area contributed by atoms with Gasteiger partial charge in [0, 0.05) is 17.0 Å². The lowest BCUT2D eigenvalue weighted by atomic mass is 9.79. The van der Waals surface area contributed by atoms with Crippen molar-refractivity contribution < 1.29 is 61.7 Å². The lowest BCUT2D eigenvalue weighted by molar-refractivity contribution is -0.139. The molecule has 1 aromatic rings. The van der Waals surface area contributed by atoms with Crippen LogP contribution < -0.4 is 5.32 Å². The third-order valence-corrected chi connectivity index (χ3v) is 7.03. The summed E-state index contributed by atoms with van der Waals surface area (Å²) in [6, 6.07) is 0. The summed E-state index contributed by atoms with van der Waals surface area (Å²) in [7, 11) is 0. The van der Waals surface area contributed by atoms with Crippen LogP contribution in [0.1, 0.15) is 84.5 Å². The van der Waals surface area contributed by atoms with Crippen LogP contribution >= 0.6 is 0 Å². The standard InChI is InChI=1S/C30H42N6O13/c1-10-43-25(37)20-16(7)31-17(8)21(26(38)44-11-2)22(20)19-18(9)32-49-23(19)24-33(27(39)45-12-3)35(29(41)47-14-5)36(30(42)48-15-6)34(24)28(40)46-13-4/h22,24,31H,10-15H2,1-9H3. The van der Waals surface area contributed by atoms with Crippen molar-refractivity contribution in [1.82, 2.24) is 30.7 Å². The molecule has 2 aliphatic rings. The normalized spacial score (nSPS) is 15.3. The molecule has 49 heavy (non-hydrogen) atoms. The molecule has 0 spiro atoms. The van der Waals surface area contributed by atoms with E-state index in [-0.39, 0.29) is 67.8 Å². The molecule has 2 aliphatic heterocycles. The number of carbonyl (C=O) groups is 6. The molecule has 0 bridgehead atoms. The van der Waals surface area contributed by atoms with Gasteiger partial charge in [0.2, 0.25) is 6.17 Å². The van der Waals surface area contributed by atoms with Gasteiger partial charge < -0.3 is 38.3 Å². The molecule has 0 unspecified atom stereocenters. The summed E-state index contributed by atoms with van der Waals surface area (Å²) in [5.41, 5.74) is 0.604. The summed E-state index contributed by atoms with van der Waals surface area (Å²) < 4.78 is 37.4. The Bertz CT molecular complexity index is 1430. The molecule has 19 heteroatoms. The minimum Gasteiger partial charge on any atom is -0.463 e. The number of rotatable bonds is 10. The second-order valence-corrected chi connectivity index (χ2v) is 10.1. The molecule has 0 aromatic carbocycles. The minimum absolute atomic E-state index is 0.00517. The second kappa shape index (κ2) is 16.6. The summed E-state index contributed by atoms with van der Waals surface area (Å²) >= 11 is 0. The number of hydrazine groups is 3. The molecule has 1 aromatic heterocycles. The number of hydrogen-bond acceptors (Lipinski definition) is 15. The van der Waals surface area contributed by atoms with E-state index in [1.54, 1.807) is 27.7 Å². The summed E-state index contributed by atoms with van der Waals surface area (Å²) in [4.78, 5) is 81.8. The number of dihydropyridines is 1. The maximum atomic E-state index is 13.8. The van der Waals surface area contributed by atoms with Crippen molar-refractivity contribution in [2.45, 2.75) is 74.4 Å². The van der Waals surface area contributed by atoms with Gasteiger partial charge >= 0.3 is 36.3 Å². The number of carbonyl (C=O) groups excluding carboxylic acids is 6. The molecule has 3 rings (SSSR count). The lowest BCUT2D eigenvalue weighted by Gasteiger charge is -2.31. The van der Waals surface area contributed by atoms with Gasteiger partial charge in [-0.25, -0.2) is 28.8 Å². The molecule has 3 heterocycles. The molecule has 4 amide bonds. The van der Waals surface area contributed by atoms with Crippen LogP contribution in [-0.2, 0) is 38.0 Å². The first-order chi connectivity index (χ1) is 23.4. The molecule has 0 aliphatic carbocycles. The van der Waals surface area contributed by atoms with Crippen LogP contribution in [0.2, 0.25) is 0 Å². The van der Waals surface area contributed by atoms with Crippen molar-refractivity contribution in [2.24, 2.45) is 0 Å². The summed E-state index contributed by atoms with van der Waals surface area (Å²) in [5.74, 6) is -3.33. The first-order valence-electron chi connectivity index (χ1n) is 15.7. The van der Waals surface area contributed by atoms with Crippen molar-refractivity contribution >= 4 is 36.3 Å². The highest BCUT2D eigenvalue weighted by atomic mass is 16.6. The van der Waals surface area contributed by atoms with Gasteiger partial charge in [-0.2, -0.15) is 10.0 Å². The highest BCUT2D eigenvalue weighted by molar-refractivity contribution is 6.00. The minimum atomic E-state index is -1.93. The molecule has 1 N–H and O–H groups in total. The maximum absolute atomic E-state index is 13.8. The Balaban J connectivity index is 2.50. The van der Waals surface area contributed by atoms with Gasteiger partial charge in [-0.3, -0.25) is 0 Å². The van der Waals surface area contributed by atoms with Gasteiger partial charge in [-0.15, -0.1) is 0 Å². The van der Waals surface area contributed by atoms with Gasteiger partial charge in [0.25, 0.3) is 0 Å². The fourth-order valence-electron chi connectivity index (χ4n) is 5.32. The summed E-state index contributed by atoms with van der Waals surface area (Å²) in [5, 5.41) is 9.03. The van der Waals surface area contributed by atoms with Gasteiger partial charge in [0.15, 0.2) is 5.76 Å². The molecule has 1 fully saturated rings. The molecule has 19 nitrogen and oxygen atoms in total. The smallest absolute Gasteiger partial charge is 0.450 e. The van der Waals surface area contributed by atoms with Crippen LogP contribution in [0.15, 0.2) is 27.1 Å². The van der Waals surface area contributed by atoms with E-state index in [0.717, 1.165) is 0 Å². The zero-order valence-electron chi connectivity index (χ0n) is 28.9. The summed E-state index contributed by atoms with van der Waals surface area (Å²) in [6.07, 6.45) is -7.02. The quantitative estimate of drug-likeness (QED) is 0.272. The van der Waals surface area contributed by atoms with Gasteiger partial charge in [-0.1, -0.05) is 15.4 Å². The largest absolute Gasteiger partial charge is 0.463 e. The molecular weight excluding hydrogens is 652 g/mol. The number of allylic oxidation sites excluding steroid dienone is 2. The van der Waals surface area contributed by atoms with Crippen molar-refractivity contribution in [3.05, 3.63) is 39.6 Å². The lowest BCUT2D eigenvalue weighted by Crippen LogP contribution is -2.56. The van der Waals surface area contributed by atoms with Crippen LogP contribution in [0.4, 0.5) is 19.2 Å². The van der Waals surface area contributed by atoms with Crippen molar-refractivity contribution in [2.75, 3.05) is 39.6 Å².